The van der Waals surface area contributed by atoms with Gasteiger partial charge in [0.2, 0.25) is 5.91 Å². The molecule has 1 amide bonds. The lowest BCUT2D eigenvalue weighted by molar-refractivity contribution is -0.120. The molecule has 0 unspecified atom stereocenters. The minimum Gasteiger partial charge on any atom is -0.355 e. The number of piperidine rings is 1. The third-order valence-electron chi connectivity index (χ3n) is 3.70. The quantitative estimate of drug-likeness (QED) is 0.913. The van der Waals surface area contributed by atoms with Crippen LogP contribution in [0.2, 0.25) is 0 Å². The molecular weight excluding hydrogens is 268 g/mol. The zero-order valence-electron chi connectivity index (χ0n) is 11.9. The van der Waals surface area contributed by atoms with Crippen molar-refractivity contribution < 1.29 is 4.79 Å². The second kappa shape index (κ2) is 5.90. The van der Waals surface area contributed by atoms with E-state index >= 15 is 0 Å². The van der Waals surface area contributed by atoms with E-state index in [2.05, 4.69) is 25.3 Å². The topological polar surface area (TPSA) is 75.9 Å². The third-order valence-corrected chi connectivity index (χ3v) is 3.70. The summed E-state index contributed by atoms with van der Waals surface area (Å²) >= 11 is 0. The molecule has 3 rings (SSSR count). The van der Waals surface area contributed by atoms with Gasteiger partial charge in [-0.3, -0.25) is 14.5 Å². The van der Waals surface area contributed by atoms with Gasteiger partial charge in [0.1, 0.15) is 5.82 Å². The number of nitrogens with zero attached hydrogens (tertiary/aromatic N) is 5. The fourth-order valence-corrected chi connectivity index (χ4v) is 2.54. The molecule has 2 aromatic rings. The van der Waals surface area contributed by atoms with E-state index in [4.69, 9.17) is 0 Å². The minimum absolute atomic E-state index is 0.0277. The molecule has 0 radical (unpaired) electrons. The predicted molar refractivity (Wildman–Crippen MR) is 78.8 cm³/mol. The third kappa shape index (κ3) is 3.18. The number of anilines is 2. The number of rotatable bonds is 3. The summed E-state index contributed by atoms with van der Waals surface area (Å²) in [5.74, 6) is 1.56. The van der Waals surface area contributed by atoms with Gasteiger partial charge in [-0.05, 0) is 12.8 Å². The highest BCUT2D eigenvalue weighted by Crippen LogP contribution is 2.22. The maximum atomic E-state index is 12.2. The average molecular weight is 286 g/mol. The van der Waals surface area contributed by atoms with Crippen molar-refractivity contribution in [3.8, 4) is 0 Å². The van der Waals surface area contributed by atoms with Gasteiger partial charge in [-0.15, -0.1) is 0 Å². The number of hydrogen-bond acceptors (Lipinski definition) is 5. The van der Waals surface area contributed by atoms with E-state index < -0.39 is 0 Å². The number of aryl methyl sites for hydroxylation is 1. The first-order valence-electron chi connectivity index (χ1n) is 7.04. The molecule has 0 atom stereocenters. The van der Waals surface area contributed by atoms with Crippen LogP contribution in [0.5, 0.6) is 0 Å². The normalized spacial score (nSPS) is 16.0. The monoisotopic (exact) mass is 286 g/mol. The molecule has 1 aliphatic heterocycles. The Labute approximate surface area is 123 Å². The number of hydrogen-bond donors (Lipinski definition) is 1. The second-order valence-electron chi connectivity index (χ2n) is 5.19. The van der Waals surface area contributed by atoms with Crippen LogP contribution in [0, 0.1) is 5.92 Å². The van der Waals surface area contributed by atoms with Gasteiger partial charge in [-0.2, -0.15) is 5.10 Å². The van der Waals surface area contributed by atoms with Crippen LogP contribution in [-0.4, -0.2) is 38.7 Å². The van der Waals surface area contributed by atoms with E-state index in [9.17, 15) is 4.79 Å². The van der Waals surface area contributed by atoms with Crippen molar-refractivity contribution in [3.05, 3.63) is 30.9 Å². The summed E-state index contributed by atoms with van der Waals surface area (Å²) in [5, 5.41) is 7.03. The molecule has 7 heteroatoms. The molecule has 0 spiro atoms. The van der Waals surface area contributed by atoms with E-state index in [1.807, 2.05) is 13.2 Å². The molecule has 0 saturated carbocycles. The number of carbonyl (C=O) groups is 1. The van der Waals surface area contributed by atoms with Crippen molar-refractivity contribution in [1.29, 1.82) is 0 Å². The van der Waals surface area contributed by atoms with Crippen LogP contribution in [0.25, 0.3) is 0 Å². The minimum atomic E-state index is 0.0277. The van der Waals surface area contributed by atoms with Crippen molar-refractivity contribution in [2.75, 3.05) is 23.3 Å². The van der Waals surface area contributed by atoms with Crippen molar-refractivity contribution in [1.82, 2.24) is 19.7 Å². The fourth-order valence-electron chi connectivity index (χ4n) is 2.54. The number of aromatic nitrogens is 4. The summed E-state index contributed by atoms with van der Waals surface area (Å²) in [6.45, 7) is 1.64. The Morgan fingerprint density at radius 1 is 1.33 bits per heavy atom. The van der Waals surface area contributed by atoms with Crippen molar-refractivity contribution in [3.63, 3.8) is 0 Å². The molecule has 0 aromatic carbocycles. The molecule has 2 aromatic heterocycles. The first-order valence-corrected chi connectivity index (χ1v) is 7.04. The smallest absolute Gasteiger partial charge is 0.228 e. The lowest BCUT2D eigenvalue weighted by Crippen LogP contribution is -2.38. The summed E-state index contributed by atoms with van der Waals surface area (Å²) in [7, 11) is 1.83. The molecule has 1 aliphatic rings. The number of carbonyl (C=O) groups excluding carboxylic acids is 1. The van der Waals surface area contributed by atoms with Gasteiger partial charge >= 0.3 is 0 Å². The Hall–Kier alpha value is -2.44. The molecule has 21 heavy (non-hydrogen) atoms. The molecule has 0 bridgehead atoms. The molecule has 7 nitrogen and oxygen atoms in total. The highest BCUT2D eigenvalue weighted by atomic mass is 16.2. The van der Waals surface area contributed by atoms with Gasteiger partial charge in [-0.25, -0.2) is 4.98 Å². The molecular formula is C14H18N6O. The molecule has 3 heterocycles. The van der Waals surface area contributed by atoms with Gasteiger partial charge < -0.3 is 10.2 Å². The van der Waals surface area contributed by atoms with Crippen LogP contribution in [0.3, 0.4) is 0 Å². The molecule has 1 fully saturated rings. The zero-order valence-corrected chi connectivity index (χ0v) is 11.9. The summed E-state index contributed by atoms with van der Waals surface area (Å²) in [6.07, 6.45) is 8.55. The standard InChI is InChI=1S/C14H18N6O/c1-19-7-4-12(18-19)17-14(21)11-2-8-20(9-3-11)13-10-15-5-6-16-13/h4-7,10-11H,2-3,8-9H2,1H3,(H,17,18,21). The fraction of sp³-hybridized carbons (Fsp3) is 0.429. The van der Waals surface area contributed by atoms with Crippen LogP contribution in [0.1, 0.15) is 12.8 Å². The maximum Gasteiger partial charge on any atom is 0.228 e. The Morgan fingerprint density at radius 2 is 2.14 bits per heavy atom. The maximum absolute atomic E-state index is 12.2. The first kappa shape index (κ1) is 13.5. The predicted octanol–water partition coefficient (Wildman–Crippen LogP) is 1.07. The first-order chi connectivity index (χ1) is 10.2. The van der Waals surface area contributed by atoms with Crippen LogP contribution in [0.15, 0.2) is 30.9 Å². The van der Waals surface area contributed by atoms with E-state index in [-0.39, 0.29) is 11.8 Å². The van der Waals surface area contributed by atoms with Crippen LogP contribution < -0.4 is 10.2 Å². The van der Waals surface area contributed by atoms with Gasteiger partial charge in [0.25, 0.3) is 0 Å². The Bertz CT molecular complexity index is 603. The lowest BCUT2D eigenvalue weighted by atomic mass is 9.96. The zero-order chi connectivity index (χ0) is 14.7. The van der Waals surface area contributed by atoms with Crippen LogP contribution >= 0.6 is 0 Å². The van der Waals surface area contributed by atoms with Gasteiger partial charge in [0.15, 0.2) is 5.82 Å². The Kier molecular flexibility index (Phi) is 3.81. The van der Waals surface area contributed by atoms with Crippen molar-refractivity contribution >= 4 is 17.5 Å². The van der Waals surface area contributed by atoms with Gasteiger partial charge in [0, 0.05) is 50.7 Å². The van der Waals surface area contributed by atoms with Crippen LogP contribution in [0.4, 0.5) is 11.6 Å². The van der Waals surface area contributed by atoms with E-state index in [0.29, 0.717) is 5.82 Å². The Morgan fingerprint density at radius 3 is 2.76 bits per heavy atom. The van der Waals surface area contributed by atoms with E-state index in [0.717, 1.165) is 31.7 Å². The lowest BCUT2D eigenvalue weighted by Gasteiger charge is -2.31. The van der Waals surface area contributed by atoms with Gasteiger partial charge in [0.05, 0.1) is 6.20 Å². The number of nitrogens with one attached hydrogen (secondary N) is 1. The number of amides is 1. The summed E-state index contributed by atoms with van der Waals surface area (Å²) in [4.78, 5) is 22.7. The van der Waals surface area contributed by atoms with Crippen LogP contribution in [-0.2, 0) is 11.8 Å². The van der Waals surface area contributed by atoms with Crippen molar-refractivity contribution in [2.45, 2.75) is 12.8 Å². The largest absolute Gasteiger partial charge is 0.355 e. The van der Waals surface area contributed by atoms with E-state index in [1.165, 1.54) is 0 Å². The summed E-state index contributed by atoms with van der Waals surface area (Å²) in [6, 6.07) is 1.80. The molecule has 110 valence electrons. The average Bonchev–Trinajstić information content (AvgIpc) is 2.93. The summed E-state index contributed by atoms with van der Waals surface area (Å²) < 4.78 is 1.67. The van der Waals surface area contributed by atoms with Crippen molar-refractivity contribution in [2.24, 2.45) is 13.0 Å². The molecule has 1 N–H and O–H groups in total. The second-order valence-corrected chi connectivity index (χ2v) is 5.19. The highest BCUT2D eigenvalue weighted by molar-refractivity contribution is 5.91. The summed E-state index contributed by atoms with van der Waals surface area (Å²) in [5.41, 5.74) is 0. The highest BCUT2D eigenvalue weighted by Gasteiger charge is 2.26. The molecule has 1 saturated heterocycles. The van der Waals surface area contributed by atoms with Gasteiger partial charge in [-0.1, -0.05) is 0 Å². The SMILES string of the molecule is Cn1ccc(NC(=O)C2CCN(c3cnccn3)CC2)n1. The van der Waals surface area contributed by atoms with E-state index in [1.54, 1.807) is 29.3 Å². The molecule has 0 aliphatic carbocycles. The Balaban J connectivity index is 1.54.